The fourth-order valence-electron chi connectivity index (χ4n) is 2.56. The number of rotatable bonds is 6. The zero-order chi connectivity index (χ0) is 14.7. The van der Waals surface area contributed by atoms with E-state index in [9.17, 15) is 0 Å². The van der Waals surface area contributed by atoms with Gasteiger partial charge in [-0.15, -0.1) is 0 Å². The zero-order valence-electron chi connectivity index (χ0n) is 13.4. The van der Waals surface area contributed by atoms with Gasteiger partial charge in [0.2, 0.25) is 0 Å². The number of nitrogens with one attached hydrogen (secondary N) is 1. The second-order valence-electron chi connectivity index (χ2n) is 6.18. The van der Waals surface area contributed by atoms with Gasteiger partial charge in [-0.3, -0.25) is 0 Å². The minimum Gasteiger partial charge on any atom is -0.328 e. The molecule has 1 unspecified atom stereocenters. The summed E-state index contributed by atoms with van der Waals surface area (Å²) in [6.45, 7) is 12.1. The fraction of sp³-hybridized carbons (Fsp3) is 0.588. The van der Waals surface area contributed by atoms with Crippen LogP contribution in [0.1, 0.15) is 50.8 Å². The van der Waals surface area contributed by atoms with Crippen molar-refractivity contribution >= 4 is 11.0 Å². The Bertz CT molecular complexity index is 569. The van der Waals surface area contributed by atoms with Crippen LogP contribution in [0, 0.1) is 13.8 Å². The number of nitrogens with zero attached hydrogens (tertiary/aromatic N) is 2. The van der Waals surface area contributed by atoms with Gasteiger partial charge in [-0.1, -0.05) is 13.8 Å². The van der Waals surface area contributed by atoms with Crippen LogP contribution >= 0.6 is 0 Å². The van der Waals surface area contributed by atoms with Crippen LogP contribution in [0.5, 0.6) is 0 Å². The molecule has 0 amide bonds. The van der Waals surface area contributed by atoms with Crippen molar-refractivity contribution in [2.45, 2.75) is 59.5 Å². The van der Waals surface area contributed by atoms with Gasteiger partial charge in [0.1, 0.15) is 0 Å². The summed E-state index contributed by atoms with van der Waals surface area (Å²) in [7, 11) is 0. The maximum Gasteiger partial charge on any atom is 0.0960 e. The van der Waals surface area contributed by atoms with E-state index in [1.165, 1.54) is 29.5 Å². The predicted molar refractivity (Wildman–Crippen MR) is 86.3 cm³/mol. The quantitative estimate of drug-likeness (QED) is 0.806. The average molecular weight is 273 g/mol. The van der Waals surface area contributed by atoms with Crippen LogP contribution in [-0.2, 0) is 0 Å². The van der Waals surface area contributed by atoms with Gasteiger partial charge in [0.15, 0.2) is 0 Å². The van der Waals surface area contributed by atoms with E-state index >= 15 is 0 Å². The molecule has 2 rings (SSSR count). The molecule has 3 nitrogen and oxygen atoms in total. The van der Waals surface area contributed by atoms with Crippen LogP contribution in [0.3, 0.4) is 0 Å². The third kappa shape index (κ3) is 3.40. The van der Waals surface area contributed by atoms with E-state index in [-0.39, 0.29) is 0 Å². The van der Waals surface area contributed by atoms with Gasteiger partial charge in [0.25, 0.3) is 0 Å². The highest BCUT2D eigenvalue weighted by molar-refractivity contribution is 5.77. The van der Waals surface area contributed by atoms with Gasteiger partial charge in [-0.05, 0) is 63.4 Å². The fourth-order valence-corrected chi connectivity index (χ4v) is 2.56. The van der Waals surface area contributed by atoms with Gasteiger partial charge in [0, 0.05) is 12.1 Å². The summed E-state index contributed by atoms with van der Waals surface area (Å²) in [5.41, 5.74) is 5.03. The monoisotopic (exact) mass is 273 g/mol. The van der Waals surface area contributed by atoms with Gasteiger partial charge in [-0.2, -0.15) is 0 Å². The number of imidazole rings is 1. The molecular formula is C17H27N3. The number of fused-ring (bicyclic) bond motifs is 1. The van der Waals surface area contributed by atoms with Crippen LogP contribution in [0.25, 0.3) is 11.0 Å². The lowest BCUT2D eigenvalue weighted by molar-refractivity contribution is 0.472. The first-order valence-electron chi connectivity index (χ1n) is 7.66. The SMILES string of the molecule is Cc1cc2ncn(C(C)CCCNC(C)C)c2cc1C. The number of aromatic nitrogens is 2. The lowest BCUT2D eigenvalue weighted by Crippen LogP contribution is -2.24. The van der Waals surface area contributed by atoms with E-state index in [2.05, 4.69) is 61.6 Å². The first kappa shape index (κ1) is 15.0. The van der Waals surface area contributed by atoms with Gasteiger partial charge in [-0.25, -0.2) is 4.98 Å². The molecule has 0 spiro atoms. The molecule has 0 bridgehead atoms. The summed E-state index contributed by atoms with van der Waals surface area (Å²) in [4.78, 5) is 4.55. The van der Waals surface area contributed by atoms with E-state index < -0.39 is 0 Å². The zero-order valence-corrected chi connectivity index (χ0v) is 13.4. The average Bonchev–Trinajstić information content (AvgIpc) is 2.77. The van der Waals surface area contributed by atoms with E-state index in [0.29, 0.717) is 12.1 Å². The third-order valence-corrected chi connectivity index (χ3v) is 4.02. The Kier molecular flexibility index (Phi) is 4.81. The largest absolute Gasteiger partial charge is 0.328 e. The van der Waals surface area contributed by atoms with Gasteiger partial charge in [0.05, 0.1) is 17.4 Å². The van der Waals surface area contributed by atoms with Crippen molar-refractivity contribution in [1.29, 1.82) is 0 Å². The smallest absolute Gasteiger partial charge is 0.0960 e. The molecule has 0 saturated carbocycles. The van der Waals surface area contributed by atoms with Crippen molar-refractivity contribution in [2.75, 3.05) is 6.54 Å². The van der Waals surface area contributed by atoms with Crippen LogP contribution in [0.2, 0.25) is 0 Å². The van der Waals surface area contributed by atoms with Crippen molar-refractivity contribution in [3.05, 3.63) is 29.6 Å². The molecule has 1 N–H and O–H groups in total. The molecule has 110 valence electrons. The van der Waals surface area contributed by atoms with Crippen LogP contribution in [-0.4, -0.2) is 22.1 Å². The maximum absolute atomic E-state index is 4.55. The number of aryl methyl sites for hydroxylation is 2. The third-order valence-electron chi connectivity index (χ3n) is 4.02. The maximum atomic E-state index is 4.55. The molecule has 20 heavy (non-hydrogen) atoms. The molecule has 3 heteroatoms. The van der Waals surface area contributed by atoms with Gasteiger partial charge >= 0.3 is 0 Å². The molecule has 0 fully saturated rings. The first-order chi connectivity index (χ1) is 9.49. The summed E-state index contributed by atoms with van der Waals surface area (Å²) >= 11 is 0. The topological polar surface area (TPSA) is 29.9 Å². The lowest BCUT2D eigenvalue weighted by atomic mass is 10.1. The Labute approximate surface area is 122 Å². The Morgan fingerprint density at radius 3 is 2.55 bits per heavy atom. The Balaban J connectivity index is 2.06. The first-order valence-corrected chi connectivity index (χ1v) is 7.66. The lowest BCUT2D eigenvalue weighted by Gasteiger charge is -2.16. The van der Waals surface area contributed by atoms with Crippen molar-refractivity contribution in [2.24, 2.45) is 0 Å². The molecule has 0 aliphatic carbocycles. The van der Waals surface area contributed by atoms with Crippen LogP contribution in [0.4, 0.5) is 0 Å². The number of hydrogen-bond donors (Lipinski definition) is 1. The molecule has 0 aliphatic rings. The van der Waals surface area contributed by atoms with E-state index in [1.54, 1.807) is 0 Å². The summed E-state index contributed by atoms with van der Waals surface area (Å²) in [5.74, 6) is 0. The molecule has 0 radical (unpaired) electrons. The van der Waals surface area contributed by atoms with E-state index in [4.69, 9.17) is 0 Å². The van der Waals surface area contributed by atoms with Crippen molar-refractivity contribution in [3.8, 4) is 0 Å². The Morgan fingerprint density at radius 1 is 1.15 bits per heavy atom. The molecular weight excluding hydrogens is 246 g/mol. The summed E-state index contributed by atoms with van der Waals surface area (Å²) < 4.78 is 2.32. The highest BCUT2D eigenvalue weighted by atomic mass is 15.1. The van der Waals surface area contributed by atoms with Crippen molar-refractivity contribution in [3.63, 3.8) is 0 Å². The molecule has 2 aromatic rings. The Hall–Kier alpha value is -1.35. The van der Waals surface area contributed by atoms with Crippen molar-refractivity contribution < 1.29 is 0 Å². The predicted octanol–water partition coefficient (Wildman–Crippen LogP) is 3.99. The molecule has 1 atom stereocenters. The summed E-state index contributed by atoms with van der Waals surface area (Å²) in [6.07, 6.45) is 4.37. The molecule has 1 heterocycles. The highest BCUT2D eigenvalue weighted by Gasteiger charge is 2.10. The normalized spacial score (nSPS) is 13.3. The molecule has 0 saturated heterocycles. The second kappa shape index (κ2) is 6.40. The highest BCUT2D eigenvalue weighted by Crippen LogP contribution is 2.23. The molecule has 1 aromatic carbocycles. The second-order valence-corrected chi connectivity index (χ2v) is 6.18. The van der Waals surface area contributed by atoms with E-state index in [0.717, 1.165) is 12.1 Å². The summed E-state index contributed by atoms with van der Waals surface area (Å²) in [5, 5.41) is 3.47. The summed E-state index contributed by atoms with van der Waals surface area (Å²) in [6, 6.07) is 5.52. The van der Waals surface area contributed by atoms with Crippen LogP contribution < -0.4 is 5.32 Å². The standard InChI is InChI=1S/C17H27N3/c1-12(2)18-8-6-7-15(5)20-11-19-16-9-13(3)14(4)10-17(16)20/h9-12,15,18H,6-8H2,1-5H3. The van der Waals surface area contributed by atoms with Crippen LogP contribution in [0.15, 0.2) is 18.5 Å². The number of benzene rings is 1. The molecule has 0 aliphatic heterocycles. The minimum absolute atomic E-state index is 0.496. The number of hydrogen-bond acceptors (Lipinski definition) is 2. The van der Waals surface area contributed by atoms with E-state index in [1.807, 2.05) is 6.33 Å². The molecule has 1 aromatic heterocycles. The van der Waals surface area contributed by atoms with Gasteiger partial charge < -0.3 is 9.88 Å². The Morgan fingerprint density at radius 2 is 1.85 bits per heavy atom. The van der Waals surface area contributed by atoms with Crippen molar-refractivity contribution in [1.82, 2.24) is 14.9 Å². The minimum atomic E-state index is 0.496.